The van der Waals surface area contributed by atoms with Gasteiger partial charge in [0.1, 0.15) is 17.3 Å². The number of benzene rings is 2. The van der Waals surface area contributed by atoms with Gasteiger partial charge in [0.25, 0.3) is 5.91 Å². The molecule has 1 fully saturated rings. The summed E-state index contributed by atoms with van der Waals surface area (Å²) in [7, 11) is 3.23. The summed E-state index contributed by atoms with van der Waals surface area (Å²) in [5.41, 5.74) is 2.10. The minimum Gasteiger partial charge on any atom is -0.497 e. The van der Waals surface area contributed by atoms with Crippen molar-refractivity contribution in [2.75, 3.05) is 45.7 Å². The predicted octanol–water partition coefficient (Wildman–Crippen LogP) is 5.09. The Bertz CT molecular complexity index is 1160. The van der Waals surface area contributed by atoms with Crippen molar-refractivity contribution in [2.24, 2.45) is 11.8 Å². The van der Waals surface area contributed by atoms with Crippen LogP contribution in [0, 0.1) is 11.8 Å². The molecule has 3 aromatic rings. The Labute approximate surface area is 207 Å². The molecular formula is C28H36N4O3. The number of aromatic nitrogens is 1. The highest BCUT2D eigenvalue weighted by molar-refractivity contribution is 6.07. The fraction of sp³-hybridized carbons (Fsp3) is 0.429. The van der Waals surface area contributed by atoms with Crippen LogP contribution in [0.5, 0.6) is 11.5 Å². The van der Waals surface area contributed by atoms with Crippen molar-refractivity contribution < 1.29 is 14.3 Å². The summed E-state index contributed by atoms with van der Waals surface area (Å²) in [6.45, 7) is 8.60. The molecule has 35 heavy (non-hydrogen) atoms. The number of piperidine rings is 1. The minimum absolute atomic E-state index is 0.0891. The summed E-state index contributed by atoms with van der Waals surface area (Å²) < 4.78 is 10.8. The van der Waals surface area contributed by atoms with E-state index in [0.717, 1.165) is 54.5 Å². The van der Waals surface area contributed by atoms with Crippen LogP contribution in [0.4, 0.5) is 11.5 Å². The fourth-order valence-corrected chi connectivity index (χ4v) is 5.04. The third kappa shape index (κ3) is 6.22. The number of rotatable bonds is 9. The zero-order valence-electron chi connectivity index (χ0n) is 21.1. The molecule has 186 valence electrons. The molecule has 2 heterocycles. The number of nitrogens with one attached hydrogen (secondary N) is 2. The number of likely N-dealkylation sites (tertiary alicyclic amines) is 1. The van der Waals surface area contributed by atoms with E-state index in [0.29, 0.717) is 29.4 Å². The summed E-state index contributed by atoms with van der Waals surface area (Å²) in [4.78, 5) is 20.4. The molecule has 7 heteroatoms. The molecule has 1 aliphatic rings. The Morgan fingerprint density at radius 3 is 2.57 bits per heavy atom. The van der Waals surface area contributed by atoms with Gasteiger partial charge in [-0.3, -0.25) is 4.79 Å². The maximum atomic E-state index is 13.2. The van der Waals surface area contributed by atoms with Gasteiger partial charge in [-0.2, -0.15) is 0 Å². The smallest absolute Gasteiger partial charge is 0.252 e. The monoisotopic (exact) mass is 476 g/mol. The number of pyridine rings is 1. The van der Waals surface area contributed by atoms with Crippen LogP contribution in [0.3, 0.4) is 0 Å². The van der Waals surface area contributed by atoms with Gasteiger partial charge in [0.15, 0.2) is 0 Å². The first-order chi connectivity index (χ1) is 17.0. The van der Waals surface area contributed by atoms with E-state index >= 15 is 0 Å². The molecule has 0 saturated carbocycles. The molecule has 2 aromatic carbocycles. The number of carbonyl (C=O) groups is 1. The molecule has 7 nitrogen and oxygen atoms in total. The molecule has 1 saturated heterocycles. The van der Waals surface area contributed by atoms with Gasteiger partial charge in [0, 0.05) is 31.1 Å². The molecule has 2 atom stereocenters. The highest BCUT2D eigenvalue weighted by Crippen LogP contribution is 2.32. The molecule has 1 aliphatic heterocycles. The molecule has 4 rings (SSSR count). The fourth-order valence-electron chi connectivity index (χ4n) is 5.04. The van der Waals surface area contributed by atoms with E-state index in [1.165, 1.54) is 6.42 Å². The first-order valence-electron chi connectivity index (χ1n) is 12.4. The van der Waals surface area contributed by atoms with Gasteiger partial charge in [-0.25, -0.2) is 4.98 Å². The molecule has 0 unspecified atom stereocenters. The molecule has 1 aromatic heterocycles. The Morgan fingerprint density at radius 1 is 1.06 bits per heavy atom. The van der Waals surface area contributed by atoms with Gasteiger partial charge in [0.2, 0.25) is 0 Å². The van der Waals surface area contributed by atoms with Crippen LogP contribution in [0.25, 0.3) is 10.9 Å². The molecule has 0 bridgehead atoms. The van der Waals surface area contributed by atoms with Gasteiger partial charge in [-0.05, 0) is 55.5 Å². The first kappa shape index (κ1) is 24.8. The van der Waals surface area contributed by atoms with Crippen molar-refractivity contribution in [1.82, 2.24) is 15.2 Å². The summed E-state index contributed by atoms with van der Waals surface area (Å²) >= 11 is 0. The van der Waals surface area contributed by atoms with Crippen molar-refractivity contribution in [2.45, 2.75) is 26.7 Å². The maximum absolute atomic E-state index is 13.2. The summed E-state index contributed by atoms with van der Waals surface area (Å²) in [6, 6.07) is 15.0. The largest absolute Gasteiger partial charge is 0.497 e. The van der Waals surface area contributed by atoms with E-state index in [9.17, 15) is 4.79 Å². The van der Waals surface area contributed by atoms with Crippen LogP contribution >= 0.6 is 0 Å². The van der Waals surface area contributed by atoms with Crippen LogP contribution in [0.15, 0.2) is 48.5 Å². The van der Waals surface area contributed by atoms with Crippen molar-refractivity contribution >= 4 is 28.3 Å². The van der Waals surface area contributed by atoms with Crippen molar-refractivity contribution in [3.05, 3.63) is 54.1 Å². The van der Waals surface area contributed by atoms with E-state index in [1.807, 2.05) is 36.4 Å². The molecule has 2 N–H and O–H groups in total. The van der Waals surface area contributed by atoms with Gasteiger partial charge in [0.05, 0.1) is 31.0 Å². The van der Waals surface area contributed by atoms with Crippen LogP contribution in [-0.2, 0) is 0 Å². The molecule has 0 aliphatic carbocycles. The minimum atomic E-state index is -0.0891. The zero-order chi connectivity index (χ0) is 24.8. The normalized spacial score (nSPS) is 18.3. The number of methoxy groups -OCH3 is 2. The molecule has 0 spiro atoms. The predicted molar refractivity (Wildman–Crippen MR) is 141 cm³/mol. The zero-order valence-corrected chi connectivity index (χ0v) is 21.1. The highest BCUT2D eigenvalue weighted by Gasteiger charge is 2.21. The number of para-hydroxylation sites is 1. The van der Waals surface area contributed by atoms with Crippen molar-refractivity contribution in [3.63, 3.8) is 0 Å². The highest BCUT2D eigenvalue weighted by atomic mass is 16.5. The molecule has 1 amide bonds. The summed E-state index contributed by atoms with van der Waals surface area (Å²) in [5, 5.41) is 7.25. The second-order valence-electron chi connectivity index (χ2n) is 9.58. The SMILES string of the molecule is COc1ccc(Nc2cc(C(=O)NCCCN3C[C@@H](C)C[C@H](C)C3)c3ccccc3n2)c(OC)c1. The van der Waals surface area contributed by atoms with Crippen LogP contribution in [-0.4, -0.2) is 56.2 Å². The van der Waals surface area contributed by atoms with Crippen LogP contribution in [0.2, 0.25) is 0 Å². The number of hydrogen-bond donors (Lipinski definition) is 2. The number of nitrogens with zero attached hydrogens (tertiary/aromatic N) is 2. The lowest BCUT2D eigenvalue weighted by atomic mass is 9.92. The van der Waals surface area contributed by atoms with Gasteiger partial charge in [-0.15, -0.1) is 0 Å². The van der Waals surface area contributed by atoms with E-state index in [-0.39, 0.29) is 5.91 Å². The third-order valence-electron chi connectivity index (χ3n) is 6.51. The summed E-state index contributed by atoms with van der Waals surface area (Å²) in [5.74, 6) is 3.31. The van der Waals surface area contributed by atoms with Crippen molar-refractivity contribution in [3.8, 4) is 11.5 Å². The summed E-state index contributed by atoms with van der Waals surface area (Å²) in [6.07, 6.45) is 2.24. The number of anilines is 2. The topological polar surface area (TPSA) is 75.7 Å². The van der Waals surface area contributed by atoms with Gasteiger partial charge in [-0.1, -0.05) is 32.0 Å². The molecule has 0 radical (unpaired) electrons. The van der Waals surface area contributed by atoms with Crippen LogP contribution in [0.1, 0.15) is 37.0 Å². The number of ether oxygens (including phenoxy) is 2. The quantitative estimate of drug-likeness (QED) is 0.419. The second-order valence-corrected chi connectivity index (χ2v) is 9.58. The van der Waals surface area contributed by atoms with E-state index in [1.54, 1.807) is 26.4 Å². The average Bonchev–Trinajstić information content (AvgIpc) is 2.85. The lowest BCUT2D eigenvalue weighted by molar-refractivity contribution is 0.0949. The van der Waals surface area contributed by atoms with E-state index < -0.39 is 0 Å². The Hall–Kier alpha value is -3.32. The number of hydrogen-bond acceptors (Lipinski definition) is 6. The lowest BCUT2D eigenvalue weighted by Gasteiger charge is -2.34. The maximum Gasteiger partial charge on any atom is 0.252 e. The van der Waals surface area contributed by atoms with Crippen LogP contribution < -0.4 is 20.1 Å². The average molecular weight is 477 g/mol. The molecular weight excluding hydrogens is 440 g/mol. The Morgan fingerprint density at radius 2 is 1.83 bits per heavy atom. The van der Waals surface area contributed by atoms with E-state index in [4.69, 9.17) is 14.5 Å². The number of amides is 1. The first-order valence-corrected chi connectivity index (χ1v) is 12.4. The number of carbonyl (C=O) groups excluding carboxylic acids is 1. The Balaban J connectivity index is 1.47. The lowest BCUT2D eigenvalue weighted by Crippen LogP contribution is -2.40. The Kier molecular flexibility index (Phi) is 8.08. The van der Waals surface area contributed by atoms with Crippen molar-refractivity contribution in [1.29, 1.82) is 0 Å². The van der Waals surface area contributed by atoms with Gasteiger partial charge < -0.3 is 25.0 Å². The number of fused-ring (bicyclic) bond motifs is 1. The van der Waals surface area contributed by atoms with Gasteiger partial charge >= 0.3 is 0 Å². The third-order valence-corrected chi connectivity index (χ3v) is 6.51. The van der Waals surface area contributed by atoms with E-state index in [2.05, 4.69) is 29.4 Å². The standard InChI is InChI=1S/C28H36N4O3/c1-19-14-20(2)18-32(17-19)13-7-12-29-28(33)23-16-27(30-24-9-6-5-8-22(23)24)31-25-11-10-21(34-3)15-26(25)35-4/h5-6,8-11,15-16,19-20H,7,12-14,17-18H2,1-4H3,(H,29,33)(H,30,31)/t19-,20-/m0/s1. The second kappa shape index (κ2) is 11.4.